The van der Waals surface area contributed by atoms with Crippen LogP contribution in [-0.4, -0.2) is 27.0 Å². The molecule has 0 atom stereocenters. The molecule has 4 aromatic rings. The highest BCUT2D eigenvalue weighted by molar-refractivity contribution is 7.22. The highest BCUT2D eigenvalue weighted by Gasteiger charge is 2.22. The van der Waals surface area contributed by atoms with Crippen LogP contribution in [0.5, 0.6) is 0 Å². The van der Waals surface area contributed by atoms with Crippen molar-refractivity contribution >= 4 is 44.2 Å². The minimum absolute atomic E-state index is 0.145. The topological polar surface area (TPSA) is 74.8 Å². The number of fused-ring (bicyclic) bond motifs is 1. The van der Waals surface area contributed by atoms with Crippen molar-refractivity contribution in [3.8, 4) is 6.07 Å². The number of benzene rings is 2. The lowest BCUT2D eigenvalue weighted by atomic mass is 10.1. The van der Waals surface area contributed by atoms with E-state index in [0.29, 0.717) is 27.8 Å². The summed E-state index contributed by atoms with van der Waals surface area (Å²) in [6, 6.07) is 12.5. The maximum Gasteiger partial charge on any atom is 0.260 e. The van der Waals surface area contributed by atoms with Gasteiger partial charge in [0.05, 0.1) is 28.2 Å². The number of nitriles is 1. The highest BCUT2D eigenvalue weighted by atomic mass is 35.5. The Kier molecular flexibility index (Phi) is 5.79. The summed E-state index contributed by atoms with van der Waals surface area (Å²) in [6.45, 7) is 3.18. The number of carbonyl (C=O) groups excluding carboxylic acids is 1. The normalized spacial score (nSPS) is 10.8. The first kappa shape index (κ1) is 20.1. The molecule has 0 unspecified atom stereocenters. The van der Waals surface area contributed by atoms with Crippen molar-refractivity contribution in [2.45, 2.75) is 19.9 Å². The fourth-order valence-electron chi connectivity index (χ4n) is 3.16. The lowest BCUT2D eigenvalue weighted by Gasteiger charge is -2.20. The number of rotatable bonds is 6. The molecule has 0 radical (unpaired) electrons. The summed E-state index contributed by atoms with van der Waals surface area (Å²) in [5, 5.41) is 10.3. The van der Waals surface area contributed by atoms with Crippen molar-refractivity contribution in [1.29, 1.82) is 5.26 Å². The van der Waals surface area contributed by atoms with Crippen LogP contribution in [0, 0.1) is 18.3 Å². The highest BCUT2D eigenvalue weighted by Crippen LogP contribution is 2.34. The van der Waals surface area contributed by atoms with E-state index in [0.717, 1.165) is 28.7 Å². The number of carbonyl (C=O) groups is 1. The molecule has 150 valence electrons. The van der Waals surface area contributed by atoms with E-state index in [-0.39, 0.29) is 5.91 Å². The third-order valence-electron chi connectivity index (χ3n) is 4.83. The number of aromatic nitrogens is 3. The predicted octanol–water partition coefficient (Wildman–Crippen LogP) is 5.06. The van der Waals surface area contributed by atoms with Crippen LogP contribution in [0.3, 0.4) is 0 Å². The molecule has 30 heavy (non-hydrogen) atoms. The molecule has 0 N–H and O–H groups in total. The second-order valence-electron chi connectivity index (χ2n) is 6.82. The molecule has 0 spiro atoms. The lowest BCUT2D eigenvalue weighted by Crippen LogP contribution is -2.32. The van der Waals surface area contributed by atoms with Crippen LogP contribution in [0.4, 0.5) is 5.13 Å². The molecule has 2 aromatic carbocycles. The van der Waals surface area contributed by atoms with Crippen molar-refractivity contribution < 1.29 is 4.79 Å². The fourth-order valence-corrected chi connectivity index (χ4v) is 4.36. The molecule has 0 saturated carbocycles. The summed E-state index contributed by atoms with van der Waals surface area (Å²) in [5.74, 6) is -0.145. The number of amides is 1. The van der Waals surface area contributed by atoms with Gasteiger partial charge in [0.1, 0.15) is 0 Å². The van der Waals surface area contributed by atoms with Gasteiger partial charge in [0.2, 0.25) is 0 Å². The Labute approximate surface area is 183 Å². The minimum Gasteiger partial charge on any atom is -0.337 e. The molecule has 1 amide bonds. The van der Waals surface area contributed by atoms with Gasteiger partial charge < -0.3 is 4.57 Å². The molecule has 6 nitrogen and oxygen atoms in total. The molecule has 4 rings (SSSR count). The Morgan fingerprint density at radius 3 is 2.77 bits per heavy atom. The van der Waals surface area contributed by atoms with Crippen LogP contribution in [-0.2, 0) is 6.54 Å². The monoisotopic (exact) mass is 435 g/mol. The van der Waals surface area contributed by atoms with E-state index in [1.165, 1.54) is 11.3 Å². The van der Waals surface area contributed by atoms with Gasteiger partial charge >= 0.3 is 0 Å². The first-order valence-corrected chi connectivity index (χ1v) is 10.6. The van der Waals surface area contributed by atoms with Crippen LogP contribution in [0.2, 0.25) is 5.02 Å². The standard InChI is InChI=1S/C22H18ClN5OS/c1-15-18(23)7-8-19-20(15)26-22(30-19)28(11-2-10-27-12-9-25-14-27)21(29)17-5-3-16(13-24)4-6-17/h3-9,12,14H,2,10-11H2,1H3. The average Bonchev–Trinajstić information content (AvgIpc) is 3.44. The van der Waals surface area contributed by atoms with E-state index in [1.807, 2.05) is 29.8 Å². The minimum atomic E-state index is -0.145. The summed E-state index contributed by atoms with van der Waals surface area (Å²) in [6.07, 6.45) is 6.14. The fraction of sp³-hybridized carbons (Fsp3) is 0.182. The van der Waals surface area contributed by atoms with Gasteiger partial charge in [-0.1, -0.05) is 22.9 Å². The third kappa shape index (κ3) is 4.06. The van der Waals surface area contributed by atoms with E-state index in [2.05, 4.69) is 11.1 Å². The van der Waals surface area contributed by atoms with Gasteiger partial charge in [0.25, 0.3) is 5.91 Å². The summed E-state index contributed by atoms with van der Waals surface area (Å²) < 4.78 is 2.96. The second-order valence-corrected chi connectivity index (χ2v) is 8.23. The predicted molar refractivity (Wildman–Crippen MR) is 119 cm³/mol. The largest absolute Gasteiger partial charge is 0.337 e. The Morgan fingerprint density at radius 2 is 2.07 bits per heavy atom. The van der Waals surface area contributed by atoms with Gasteiger partial charge in [-0.25, -0.2) is 9.97 Å². The zero-order valence-electron chi connectivity index (χ0n) is 16.2. The van der Waals surface area contributed by atoms with E-state index in [4.69, 9.17) is 21.8 Å². The van der Waals surface area contributed by atoms with E-state index in [1.54, 1.807) is 41.7 Å². The molecule has 0 aliphatic heterocycles. The molecule has 8 heteroatoms. The summed E-state index contributed by atoms with van der Waals surface area (Å²) in [7, 11) is 0. The van der Waals surface area contributed by atoms with Crippen molar-refractivity contribution in [3.05, 3.63) is 76.8 Å². The SMILES string of the molecule is Cc1c(Cl)ccc2sc(N(CCCn3ccnc3)C(=O)c3ccc(C#N)cc3)nc12. The molecule has 0 aliphatic rings. The maximum absolute atomic E-state index is 13.3. The van der Waals surface area contributed by atoms with Gasteiger partial charge in [-0.3, -0.25) is 9.69 Å². The molecular formula is C22H18ClN5OS. The van der Waals surface area contributed by atoms with E-state index in [9.17, 15) is 4.79 Å². The second kappa shape index (κ2) is 8.66. The van der Waals surface area contributed by atoms with E-state index < -0.39 is 0 Å². The van der Waals surface area contributed by atoms with E-state index >= 15 is 0 Å². The average molecular weight is 436 g/mol. The number of halogens is 1. The van der Waals surface area contributed by atoms with Crippen LogP contribution in [0.1, 0.15) is 27.9 Å². The zero-order chi connectivity index (χ0) is 21.1. The van der Waals surface area contributed by atoms with Crippen LogP contribution < -0.4 is 4.90 Å². The molecule has 0 saturated heterocycles. The molecule has 0 bridgehead atoms. The Morgan fingerprint density at radius 1 is 1.27 bits per heavy atom. The Bertz CT molecular complexity index is 1230. The van der Waals surface area contributed by atoms with Crippen molar-refractivity contribution in [2.75, 3.05) is 11.4 Å². The summed E-state index contributed by atoms with van der Waals surface area (Å²) in [4.78, 5) is 23.8. The van der Waals surface area contributed by atoms with Gasteiger partial charge in [-0.2, -0.15) is 5.26 Å². The van der Waals surface area contributed by atoms with Gasteiger partial charge in [-0.15, -0.1) is 0 Å². The maximum atomic E-state index is 13.3. The number of anilines is 1. The Balaban J connectivity index is 1.66. The van der Waals surface area contributed by atoms with Gasteiger partial charge in [-0.05, 0) is 55.3 Å². The van der Waals surface area contributed by atoms with Crippen molar-refractivity contribution in [2.24, 2.45) is 0 Å². The van der Waals surface area contributed by atoms with Crippen LogP contribution in [0.15, 0.2) is 55.1 Å². The third-order valence-corrected chi connectivity index (χ3v) is 6.28. The quantitative estimate of drug-likeness (QED) is 0.424. The van der Waals surface area contributed by atoms with Crippen LogP contribution in [0.25, 0.3) is 10.2 Å². The number of thiazole rings is 1. The first-order valence-electron chi connectivity index (χ1n) is 9.40. The van der Waals surface area contributed by atoms with Crippen LogP contribution >= 0.6 is 22.9 Å². The van der Waals surface area contributed by atoms with Crippen molar-refractivity contribution in [3.63, 3.8) is 0 Å². The first-order chi connectivity index (χ1) is 14.6. The molecule has 2 heterocycles. The number of aryl methyl sites for hydroxylation is 2. The van der Waals surface area contributed by atoms with Gasteiger partial charge in [0.15, 0.2) is 5.13 Å². The summed E-state index contributed by atoms with van der Waals surface area (Å²) >= 11 is 7.72. The lowest BCUT2D eigenvalue weighted by molar-refractivity contribution is 0.0986. The number of nitrogens with zero attached hydrogens (tertiary/aromatic N) is 5. The molecular weight excluding hydrogens is 418 g/mol. The van der Waals surface area contributed by atoms with Gasteiger partial charge in [0, 0.05) is 36.1 Å². The Hall–Kier alpha value is -3.21. The number of hydrogen-bond acceptors (Lipinski definition) is 5. The number of imidazole rings is 1. The molecule has 0 aliphatic carbocycles. The zero-order valence-corrected chi connectivity index (χ0v) is 17.8. The molecule has 2 aromatic heterocycles. The molecule has 0 fully saturated rings. The number of hydrogen-bond donors (Lipinski definition) is 0. The summed E-state index contributed by atoms with van der Waals surface area (Å²) in [5.41, 5.74) is 2.75. The smallest absolute Gasteiger partial charge is 0.260 e. The van der Waals surface area contributed by atoms with Crippen molar-refractivity contribution in [1.82, 2.24) is 14.5 Å².